The van der Waals surface area contributed by atoms with E-state index in [-0.39, 0.29) is 24.0 Å². The van der Waals surface area contributed by atoms with Crippen molar-refractivity contribution < 1.29 is 31.7 Å². The second-order valence-corrected chi connectivity index (χ2v) is 7.53. The maximum absolute atomic E-state index is 12.8. The highest BCUT2D eigenvalue weighted by molar-refractivity contribution is 5.92. The third-order valence-electron chi connectivity index (χ3n) is 5.06. The minimum Gasteiger partial charge on any atom is -0.465 e. The highest BCUT2D eigenvalue weighted by Gasteiger charge is 2.33. The first-order chi connectivity index (χ1) is 14.1. The molecule has 2 aromatic rings. The second kappa shape index (κ2) is 8.74. The Morgan fingerprint density at radius 3 is 2.57 bits per heavy atom. The summed E-state index contributed by atoms with van der Waals surface area (Å²) in [5.74, 6) is 0.0904. The zero-order valence-corrected chi connectivity index (χ0v) is 16.5. The van der Waals surface area contributed by atoms with E-state index in [9.17, 15) is 22.8 Å². The Balaban J connectivity index is 1.51. The standard InChI is InChI=1S/C21H22F3N3O3/c1-27(15-19(28)25-17-5-2-4-16(14-17)21(22,23)24)11-9-26(10-12-27)20(29)8-7-18-6-3-13-30-18/h2-8,13-14H,9-12,15H2,1H3/p+1/b8-7+. The second-order valence-electron chi connectivity index (χ2n) is 7.53. The summed E-state index contributed by atoms with van der Waals surface area (Å²) >= 11 is 0. The number of carbonyl (C=O) groups excluding carboxylic acids is 2. The van der Waals surface area contributed by atoms with Crippen molar-refractivity contribution in [2.45, 2.75) is 6.18 Å². The number of benzene rings is 1. The van der Waals surface area contributed by atoms with E-state index in [1.165, 1.54) is 24.5 Å². The van der Waals surface area contributed by atoms with Crippen molar-refractivity contribution in [3.8, 4) is 0 Å². The summed E-state index contributed by atoms with van der Waals surface area (Å²) in [6, 6.07) is 8.04. The van der Waals surface area contributed by atoms with Gasteiger partial charge in [0.1, 0.15) is 5.76 Å². The van der Waals surface area contributed by atoms with Gasteiger partial charge in [-0.1, -0.05) is 6.07 Å². The SMILES string of the molecule is C[N+]1(CC(=O)Nc2cccc(C(F)(F)F)c2)CCN(C(=O)/C=C/c2ccco2)CC1. The molecule has 3 rings (SSSR count). The van der Waals surface area contributed by atoms with Crippen LogP contribution in [-0.2, 0) is 15.8 Å². The van der Waals surface area contributed by atoms with Crippen LogP contribution in [0.3, 0.4) is 0 Å². The third-order valence-corrected chi connectivity index (χ3v) is 5.06. The summed E-state index contributed by atoms with van der Waals surface area (Å²) in [6.07, 6.45) is 0.119. The van der Waals surface area contributed by atoms with E-state index < -0.39 is 11.7 Å². The van der Waals surface area contributed by atoms with Crippen molar-refractivity contribution in [2.75, 3.05) is 45.1 Å². The van der Waals surface area contributed by atoms with E-state index in [1.807, 2.05) is 7.05 Å². The number of likely N-dealkylation sites (N-methyl/N-ethyl adjacent to an activating group) is 1. The molecular formula is C21H23F3N3O3+. The molecule has 0 atom stereocenters. The number of carbonyl (C=O) groups is 2. The van der Waals surface area contributed by atoms with Crippen LogP contribution in [0.2, 0.25) is 0 Å². The van der Waals surface area contributed by atoms with Gasteiger partial charge in [0.25, 0.3) is 5.91 Å². The van der Waals surface area contributed by atoms with Gasteiger partial charge in [-0.2, -0.15) is 13.2 Å². The van der Waals surface area contributed by atoms with E-state index in [0.29, 0.717) is 36.4 Å². The Kier molecular flexibility index (Phi) is 6.31. The van der Waals surface area contributed by atoms with Crippen molar-refractivity contribution in [3.63, 3.8) is 0 Å². The number of furan rings is 1. The molecule has 6 nitrogen and oxygen atoms in total. The third kappa shape index (κ3) is 5.73. The monoisotopic (exact) mass is 422 g/mol. The molecule has 1 N–H and O–H groups in total. The number of rotatable bonds is 5. The molecule has 2 heterocycles. The molecule has 1 aromatic carbocycles. The van der Waals surface area contributed by atoms with Crippen molar-refractivity contribution in [1.29, 1.82) is 0 Å². The van der Waals surface area contributed by atoms with Crippen LogP contribution in [0.1, 0.15) is 11.3 Å². The smallest absolute Gasteiger partial charge is 0.416 e. The summed E-state index contributed by atoms with van der Waals surface area (Å²) in [5, 5.41) is 2.54. The lowest BCUT2D eigenvalue weighted by Gasteiger charge is -2.41. The van der Waals surface area contributed by atoms with Crippen molar-refractivity contribution in [2.24, 2.45) is 0 Å². The molecule has 1 aliphatic heterocycles. The first-order valence-electron chi connectivity index (χ1n) is 9.46. The van der Waals surface area contributed by atoms with Crippen LogP contribution in [0.5, 0.6) is 0 Å². The van der Waals surface area contributed by atoms with Crippen molar-refractivity contribution in [1.82, 2.24) is 4.90 Å². The molecule has 1 aromatic heterocycles. The molecule has 9 heteroatoms. The number of anilines is 1. The van der Waals surface area contributed by atoms with Crippen LogP contribution < -0.4 is 5.32 Å². The zero-order chi connectivity index (χ0) is 21.8. The number of hydrogen-bond acceptors (Lipinski definition) is 3. The molecule has 0 unspecified atom stereocenters. The fourth-order valence-electron chi connectivity index (χ4n) is 3.29. The van der Waals surface area contributed by atoms with E-state index >= 15 is 0 Å². The van der Waals surface area contributed by atoms with Gasteiger partial charge in [0.15, 0.2) is 6.54 Å². The number of halogens is 3. The van der Waals surface area contributed by atoms with E-state index in [4.69, 9.17) is 4.42 Å². The Morgan fingerprint density at radius 1 is 1.20 bits per heavy atom. The highest BCUT2D eigenvalue weighted by Crippen LogP contribution is 2.30. The van der Waals surface area contributed by atoms with Gasteiger partial charge in [-0.3, -0.25) is 9.59 Å². The highest BCUT2D eigenvalue weighted by atomic mass is 19.4. The molecule has 0 aliphatic carbocycles. The van der Waals surface area contributed by atoms with Crippen LogP contribution in [0.25, 0.3) is 6.08 Å². The fraction of sp³-hybridized carbons (Fsp3) is 0.333. The average Bonchev–Trinajstić information content (AvgIpc) is 3.19. The summed E-state index contributed by atoms with van der Waals surface area (Å²) in [5.41, 5.74) is -0.700. The summed E-state index contributed by atoms with van der Waals surface area (Å²) in [7, 11) is 1.90. The van der Waals surface area contributed by atoms with Gasteiger partial charge in [0.05, 0.1) is 45.1 Å². The number of alkyl halides is 3. The number of quaternary nitrogens is 1. The molecule has 1 fully saturated rings. The lowest BCUT2D eigenvalue weighted by atomic mass is 10.2. The van der Waals surface area contributed by atoms with Gasteiger partial charge in [-0.25, -0.2) is 0 Å². The molecular weight excluding hydrogens is 399 g/mol. The predicted molar refractivity (Wildman–Crippen MR) is 105 cm³/mol. The topological polar surface area (TPSA) is 62.6 Å². The molecule has 0 radical (unpaired) electrons. The zero-order valence-electron chi connectivity index (χ0n) is 16.5. The van der Waals surface area contributed by atoms with Gasteiger partial charge < -0.3 is 19.1 Å². The largest absolute Gasteiger partial charge is 0.465 e. The Morgan fingerprint density at radius 2 is 1.93 bits per heavy atom. The lowest BCUT2D eigenvalue weighted by Crippen LogP contribution is -2.60. The minimum atomic E-state index is -4.46. The van der Waals surface area contributed by atoms with E-state index in [2.05, 4.69) is 5.32 Å². The number of amides is 2. The molecule has 30 heavy (non-hydrogen) atoms. The van der Waals surface area contributed by atoms with Gasteiger partial charge in [0.2, 0.25) is 5.91 Å². The molecule has 2 amide bonds. The van der Waals surface area contributed by atoms with Gasteiger partial charge >= 0.3 is 6.18 Å². The number of piperazine rings is 1. The van der Waals surface area contributed by atoms with Crippen molar-refractivity contribution >= 4 is 23.6 Å². The molecule has 160 valence electrons. The van der Waals surface area contributed by atoms with Crippen LogP contribution in [-0.4, -0.2) is 61.0 Å². The van der Waals surface area contributed by atoms with Crippen LogP contribution in [0.4, 0.5) is 18.9 Å². The molecule has 1 saturated heterocycles. The van der Waals surface area contributed by atoms with Crippen molar-refractivity contribution in [3.05, 3.63) is 60.1 Å². The molecule has 0 spiro atoms. The molecule has 0 saturated carbocycles. The first kappa shape index (κ1) is 21.6. The normalized spacial score (nSPS) is 16.6. The predicted octanol–water partition coefficient (Wildman–Crippen LogP) is 3.24. The fourth-order valence-corrected chi connectivity index (χ4v) is 3.29. The Hall–Kier alpha value is -3.07. The van der Waals surface area contributed by atoms with Gasteiger partial charge in [0, 0.05) is 11.8 Å². The summed E-state index contributed by atoms with van der Waals surface area (Å²) in [4.78, 5) is 26.4. The molecule has 0 bridgehead atoms. The maximum Gasteiger partial charge on any atom is 0.416 e. The van der Waals surface area contributed by atoms with Gasteiger partial charge in [-0.15, -0.1) is 0 Å². The van der Waals surface area contributed by atoms with Gasteiger partial charge in [-0.05, 0) is 36.4 Å². The number of hydrogen-bond donors (Lipinski definition) is 1. The first-order valence-corrected chi connectivity index (χ1v) is 9.46. The Labute approximate surface area is 172 Å². The van der Waals surface area contributed by atoms with Crippen LogP contribution >= 0.6 is 0 Å². The minimum absolute atomic E-state index is 0.110. The summed E-state index contributed by atoms with van der Waals surface area (Å²) < 4.78 is 44.0. The van der Waals surface area contributed by atoms with Crippen LogP contribution in [0.15, 0.2) is 53.2 Å². The molecule has 1 aliphatic rings. The van der Waals surface area contributed by atoms with E-state index in [1.54, 1.807) is 23.1 Å². The Bertz CT molecular complexity index is 915. The quantitative estimate of drug-likeness (QED) is 0.595. The number of nitrogens with zero attached hydrogens (tertiary/aromatic N) is 2. The van der Waals surface area contributed by atoms with Crippen LogP contribution in [0, 0.1) is 0 Å². The number of nitrogens with one attached hydrogen (secondary N) is 1. The summed E-state index contributed by atoms with van der Waals surface area (Å²) in [6.45, 7) is 2.20. The van der Waals surface area contributed by atoms with E-state index in [0.717, 1.165) is 12.1 Å². The maximum atomic E-state index is 12.8. The lowest BCUT2D eigenvalue weighted by molar-refractivity contribution is -0.905. The average molecular weight is 422 g/mol.